The standard InChI is InChI=1S/C14H24N2O/c1-11(2)7-6-10-17-14(12(3)15)13-8-4-5-9-16-13/h4-5,8-9,11-12,14H,6-7,10,15H2,1-3H3. The van der Waals surface area contributed by atoms with Crippen LogP contribution in [0, 0.1) is 5.92 Å². The van der Waals surface area contributed by atoms with Gasteiger partial charge in [0.25, 0.3) is 0 Å². The van der Waals surface area contributed by atoms with Crippen LogP contribution in [-0.4, -0.2) is 17.6 Å². The maximum Gasteiger partial charge on any atom is 0.114 e. The van der Waals surface area contributed by atoms with Gasteiger partial charge in [-0.1, -0.05) is 19.9 Å². The van der Waals surface area contributed by atoms with Crippen molar-refractivity contribution in [3.63, 3.8) is 0 Å². The lowest BCUT2D eigenvalue weighted by molar-refractivity contribution is 0.0320. The molecule has 0 radical (unpaired) electrons. The van der Waals surface area contributed by atoms with Crippen molar-refractivity contribution in [2.24, 2.45) is 11.7 Å². The van der Waals surface area contributed by atoms with Gasteiger partial charge < -0.3 is 10.5 Å². The van der Waals surface area contributed by atoms with E-state index in [2.05, 4.69) is 18.8 Å². The summed E-state index contributed by atoms with van der Waals surface area (Å²) in [5.41, 5.74) is 6.87. The predicted octanol–water partition coefficient (Wildman–Crippen LogP) is 2.92. The molecule has 2 atom stereocenters. The van der Waals surface area contributed by atoms with Gasteiger partial charge in [-0.05, 0) is 37.8 Å². The first-order chi connectivity index (χ1) is 8.11. The van der Waals surface area contributed by atoms with E-state index >= 15 is 0 Å². The number of rotatable bonds is 7. The summed E-state index contributed by atoms with van der Waals surface area (Å²) >= 11 is 0. The first-order valence-corrected chi connectivity index (χ1v) is 6.39. The fourth-order valence-electron chi connectivity index (χ4n) is 1.75. The van der Waals surface area contributed by atoms with Gasteiger partial charge in [0.05, 0.1) is 5.69 Å². The molecule has 3 heteroatoms. The van der Waals surface area contributed by atoms with Crippen LogP contribution in [0.1, 0.15) is 45.4 Å². The SMILES string of the molecule is CC(C)CCCOC(c1ccccn1)C(C)N. The van der Waals surface area contributed by atoms with E-state index in [0.29, 0.717) is 0 Å². The topological polar surface area (TPSA) is 48.1 Å². The Kier molecular flexibility index (Phi) is 6.16. The summed E-state index contributed by atoms with van der Waals surface area (Å²) in [5.74, 6) is 0.724. The van der Waals surface area contributed by atoms with Crippen LogP contribution >= 0.6 is 0 Å². The third kappa shape index (κ3) is 5.29. The maximum atomic E-state index is 5.95. The normalized spacial score (nSPS) is 14.9. The molecule has 0 aliphatic carbocycles. The van der Waals surface area contributed by atoms with Gasteiger partial charge in [0, 0.05) is 18.8 Å². The van der Waals surface area contributed by atoms with Crippen molar-refractivity contribution in [3.05, 3.63) is 30.1 Å². The Morgan fingerprint density at radius 2 is 2.06 bits per heavy atom. The Morgan fingerprint density at radius 3 is 2.59 bits per heavy atom. The molecular formula is C14H24N2O. The monoisotopic (exact) mass is 236 g/mol. The first kappa shape index (κ1) is 14.1. The van der Waals surface area contributed by atoms with Crippen LogP contribution in [0.15, 0.2) is 24.4 Å². The summed E-state index contributed by atoms with van der Waals surface area (Å²) in [7, 11) is 0. The van der Waals surface area contributed by atoms with Crippen LogP contribution in [0.5, 0.6) is 0 Å². The molecule has 2 unspecified atom stereocenters. The Bertz CT molecular complexity index is 298. The molecule has 1 aromatic heterocycles. The van der Waals surface area contributed by atoms with E-state index in [1.807, 2.05) is 25.1 Å². The van der Waals surface area contributed by atoms with Crippen LogP contribution < -0.4 is 5.73 Å². The van der Waals surface area contributed by atoms with E-state index in [9.17, 15) is 0 Å². The molecule has 3 nitrogen and oxygen atoms in total. The number of aromatic nitrogens is 1. The third-order valence-electron chi connectivity index (χ3n) is 2.68. The van der Waals surface area contributed by atoms with Crippen molar-refractivity contribution in [2.75, 3.05) is 6.61 Å². The molecule has 0 saturated carbocycles. The Balaban J connectivity index is 2.45. The number of ether oxygens (including phenoxy) is 1. The zero-order valence-corrected chi connectivity index (χ0v) is 11.1. The molecule has 0 amide bonds. The highest BCUT2D eigenvalue weighted by Crippen LogP contribution is 2.18. The average Bonchev–Trinajstić information content (AvgIpc) is 2.29. The molecule has 17 heavy (non-hydrogen) atoms. The summed E-state index contributed by atoms with van der Waals surface area (Å²) in [6.07, 6.45) is 3.95. The lowest BCUT2D eigenvalue weighted by Gasteiger charge is -2.21. The quantitative estimate of drug-likeness (QED) is 0.740. The second-order valence-corrected chi connectivity index (χ2v) is 4.94. The number of nitrogens with two attached hydrogens (primary N) is 1. The van der Waals surface area contributed by atoms with Gasteiger partial charge in [0.1, 0.15) is 6.10 Å². The smallest absolute Gasteiger partial charge is 0.114 e. The Morgan fingerprint density at radius 1 is 1.29 bits per heavy atom. The van der Waals surface area contributed by atoms with Crippen LogP contribution in [0.4, 0.5) is 0 Å². The van der Waals surface area contributed by atoms with Crippen molar-refractivity contribution < 1.29 is 4.74 Å². The van der Waals surface area contributed by atoms with Gasteiger partial charge in [0.15, 0.2) is 0 Å². The Labute approximate surface area is 104 Å². The van der Waals surface area contributed by atoms with E-state index in [0.717, 1.165) is 24.6 Å². The van der Waals surface area contributed by atoms with E-state index < -0.39 is 0 Å². The van der Waals surface area contributed by atoms with E-state index in [-0.39, 0.29) is 12.1 Å². The van der Waals surface area contributed by atoms with Gasteiger partial charge in [-0.3, -0.25) is 4.98 Å². The first-order valence-electron chi connectivity index (χ1n) is 6.39. The molecule has 0 saturated heterocycles. The van der Waals surface area contributed by atoms with Gasteiger partial charge in [-0.2, -0.15) is 0 Å². The van der Waals surface area contributed by atoms with Crippen LogP contribution in [0.25, 0.3) is 0 Å². The summed E-state index contributed by atoms with van der Waals surface area (Å²) in [6, 6.07) is 5.80. The molecule has 0 fully saturated rings. The fourth-order valence-corrected chi connectivity index (χ4v) is 1.75. The number of hydrogen-bond donors (Lipinski definition) is 1. The van der Waals surface area contributed by atoms with Crippen molar-refractivity contribution in [2.45, 2.75) is 45.8 Å². The highest BCUT2D eigenvalue weighted by Gasteiger charge is 2.17. The molecule has 0 bridgehead atoms. The van der Waals surface area contributed by atoms with E-state index in [1.54, 1.807) is 6.20 Å². The highest BCUT2D eigenvalue weighted by molar-refractivity contribution is 5.08. The van der Waals surface area contributed by atoms with E-state index in [4.69, 9.17) is 10.5 Å². The molecule has 0 spiro atoms. The number of nitrogens with zero attached hydrogens (tertiary/aromatic N) is 1. The summed E-state index contributed by atoms with van der Waals surface area (Å²) in [5, 5.41) is 0. The van der Waals surface area contributed by atoms with Crippen molar-refractivity contribution in [3.8, 4) is 0 Å². The zero-order chi connectivity index (χ0) is 12.7. The zero-order valence-electron chi connectivity index (χ0n) is 11.1. The third-order valence-corrected chi connectivity index (χ3v) is 2.68. The summed E-state index contributed by atoms with van der Waals surface area (Å²) in [6.45, 7) is 7.16. The van der Waals surface area contributed by atoms with Gasteiger partial charge in [-0.15, -0.1) is 0 Å². The molecule has 0 aromatic carbocycles. The van der Waals surface area contributed by atoms with Gasteiger partial charge in [0.2, 0.25) is 0 Å². The molecular weight excluding hydrogens is 212 g/mol. The minimum atomic E-state index is -0.0941. The molecule has 0 aliphatic rings. The van der Waals surface area contributed by atoms with Crippen LogP contribution in [0.2, 0.25) is 0 Å². The molecule has 1 rings (SSSR count). The highest BCUT2D eigenvalue weighted by atomic mass is 16.5. The maximum absolute atomic E-state index is 5.95. The second kappa shape index (κ2) is 7.41. The molecule has 1 aromatic rings. The van der Waals surface area contributed by atoms with E-state index in [1.165, 1.54) is 6.42 Å². The van der Waals surface area contributed by atoms with Crippen molar-refractivity contribution >= 4 is 0 Å². The van der Waals surface area contributed by atoms with Crippen LogP contribution in [-0.2, 0) is 4.74 Å². The van der Waals surface area contributed by atoms with Gasteiger partial charge in [-0.25, -0.2) is 0 Å². The molecule has 2 N–H and O–H groups in total. The number of hydrogen-bond acceptors (Lipinski definition) is 3. The van der Waals surface area contributed by atoms with Crippen LogP contribution in [0.3, 0.4) is 0 Å². The Hall–Kier alpha value is -0.930. The lowest BCUT2D eigenvalue weighted by atomic mass is 10.1. The lowest BCUT2D eigenvalue weighted by Crippen LogP contribution is -2.28. The average molecular weight is 236 g/mol. The number of pyridine rings is 1. The summed E-state index contributed by atoms with van der Waals surface area (Å²) < 4.78 is 5.85. The minimum Gasteiger partial charge on any atom is -0.370 e. The largest absolute Gasteiger partial charge is 0.370 e. The molecule has 0 aliphatic heterocycles. The molecule has 96 valence electrons. The minimum absolute atomic E-state index is 0.0380. The van der Waals surface area contributed by atoms with Crippen molar-refractivity contribution in [1.29, 1.82) is 0 Å². The predicted molar refractivity (Wildman–Crippen MR) is 70.7 cm³/mol. The second-order valence-electron chi connectivity index (χ2n) is 4.94. The van der Waals surface area contributed by atoms with Gasteiger partial charge >= 0.3 is 0 Å². The summed E-state index contributed by atoms with van der Waals surface area (Å²) in [4.78, 5) is 4.31. The fraction of sp³-hybridized carbons (Fsp3) is 0.643. The molecule has 1 heterocycles. The van der Waals surface area contributed by atoms with Crippen molar-refractivity contribution in [1.82, 2.24) is 4.98 Å².